The van der Waals surface area contributed by atoms with Crippen molar-refractivity contribution in [3.8, 4) is 0 Å². The van der Waals surface area contributed by atoms with E-state index in [1.807, 2.05) is 19.9 Å². The molecule has 1 heterocycles. The lowest BCUT2D eigenvalue weighted by atomic mass is 10.0. The molecule has 0 radical (unpaired) electrons. The molecule has 68 valence electrons. The maximum atomic E-state index is 10.6. The van der Waals surface area contributed by atoms with Crippen LogP contribution in [0, 0.1) is 0 Å². The second-order valence-corrected chi connectivity index (χ2v) is 3.04. The highest BCUT2D eigenvalue weighted by Gasteiger charge is 2.25. The molecule has 1 rings (SSSR count). The topological polar surface area (TPSA) is 46.5 Å². The Hall–Kier alpha value is -0.830. The maximum Gasteiger partial charge on any atom is 0.333 e. The summed E-state index contributed by atoms with van der Waals surface area (Å²) in [6.07, 6.45) is 2.65. The lowest BCUT2D eigenvalue weighted by Crippen LogP contribution is -2.32. The highest BCUT2D eigenvalue weighted by atomic mass is 16.5. The minimum absolute atomic E-state index is 0.000139. The summed E-state index contributed by atoms with van der Waals surface area (Å²) in [5, 5.41) is 8.68. The molecule has 2 unspecified atom stereocenters. The molecule has 0 saturated heterocycles. The largest absolute Gasteiger partial charge is 0.479 e. The summed E-state index contributed by atoms with van der Waals surface area (Å²) in [5.74, 6) is -0.864. The van der Waals surface area contributed by atoms with Crippen molar-refractivity contribution >= 4 is 5.97 Å². The molecule has 0 aromatic rings. The van der Waals surface area contributed by atoms with E-state index in [0.717, 1.165) is 12.0 Å². The summed E-state index contributed by atoms with van der Waals surface area (Å²) >= 11 is 0. The monoisotopic (exact) mass is 170 g/mol. The van der Waals surface area contributed by atoms with Gasteiger partial charge in [0.2, 0.25) is 0 Å². The molecule has 1 aliphatic heterocycles. The summed E-state index contributed by atoms with van der Waals surface area (Å²) in [7, 11) is 0. The normalized spacial score (nSPS) is 29.7. The summed E-state index contributed by atoms with van der Waals surface area (Å²) in [5.41, 5.74) is 1.15. The average molecular weight is 170 g/mol. The minimum atomic E-state index is -0.864. The van der Waals surface area contributed by atoms with Crippen LogP contribution in [-0.4, -0.2) is 23.3 Å². The van der Waals surface area contributed by atoms with Crippen molar-refractivity contribution in [3.05, 3.63) is 11.6 Å². The lowest BCUT2D eigenvalue weighted by Gasteiger charge is -2.26. The van der Waals surface area contributed by atoms with Gasteiger partial charge in [0.15, 0.2) is 6.10 Å². The fourth-order valence-electron chi connectivity index (χ4n) is 1.36. The van der Waals surface area contributed by atoms with Crippen LogP contribution in [0.5, 0.6) is 0 Å². The van der Waals surface area contributed by atoms with E-state index >= 15 is 0 Å². The fraction of sp³-hybridized carbons (Fsp3) is 0.667. The van der Waals surface area contributed by atoms with Crippen molar-refractivity contribution in [2.75, 3.05) is 0 Å². The molecule has 1 aliphatic rings. The third-order valence-electron chi connectivity index (χ3n) is 2.14. The van der Waals surface area contributed by atoms with Crippen LogP contribution in [0.4, 0.5) is 0 Å². The molecule has 0 spiro atoms. The number of hydrogen-bond donors (Lipinski definition) is 1. The predicted octanol–water partition coefficient (Wildman–Crippen LogP) is 1.58. The van der Waals surface area contributed by atoms with E-state index in [2.05, 4.69) is 0 Å². The summed E-state index contributed by atoms with van der Waals surface area (Å²) in [6.45, 7) is 3.97. The number of rotatable bonds is 2. The second kappa shape index (κ2) is 3.72. The molecule has 12 heavy (non-hydrogen) atoms. The molecule has 3 nitrogen and oxygen atoms in total. The Balaban J connectivity index is 2.64. The number of carbonyl (C=O) groups is 1. The molecule has 0 amide bonds. The first-order valence-electron chi connectivity index (χ1n) is 4.20. The summed E-state index contributed by atoms with van der Waals surface area (Å²) in [6, 6.07) is 0. The molecular formula is C9H14O3. The molecule has 0 aromatic heterocycles. The Kier molecular flexibility index (Phi) is 2.87. The first kappa shape index (κ1) is 9.26. The van der Waals surface area contributed by atoms with Crippen LogP contribution in [-0.2, 0) is 9.53 Å². The van der Waals surface area contributed by atoms with Gasteiger partial charge in [0.25, 0.3) is 0 Å². The SMILES string of the molecule is CCC1OC(C(=O)O)CC=C1C. The van der Waals surface area contributed by atoms with Crippen LogP contribution in [0.2, 0.25) is 0 Å². The predicted molar refractivity (Wildman–Crippen MR) is 45.0 cm³/mol. The lowest BCUT2D eigenvalue weighted by molar-refractivity contribution is -0.153. The zero-order chi connectivity index (χ0) is 9.14. The summed E-state index contributed by atoms with van der Waals surface area (Å²) < 4.78 is 5.34. The fourth-order valence-corrected chi connectivity index (χ4v) is 1.36. The number of carboxylic acid groups (broad SMARTS) is 1. The quantitative estimate of drug-likeness (QED) is 0.640. The van der Waals surface area contributed by atoms with Crippen LogP contribution in [0.15, 0.2) is 11.6 Å². The number of aliphatic carboxylic acids is 1. The molecule has 2 atom stereocenters. The van der Waals surface area contributed by atoms with E-state index in [1.165, 1.54) is 0 Å². The van der Waals surface area contributed by atoms with Crippen LogP contribution in [0.3, 0.4) is 0 Å². The molecule has 0 bridgehead atoms. The molecule has 0 aliphatic carbocycles. The van der Waals surface area contributed by atoms with Gasteiger partial charge in [0, 0.05) is 6.42 Å². The van der Waals surface area contributed by atoms with Crippen molar-refractivity contribution in [3.63, 3.8) is 0 Å². The minimum Gasteiger partial charge on any atom is -0.479 e. The zero-order valence-corrected chi connectivity index (χ0v) is 7.41. The molecule has 0 aromatic carbocycles. The van der Waals surface area contributed by atoms with Gasteiger partial charge in [0.1, 0.15) is 0 Å². The Bertz CT molecular complexity index is 208. The number of carboxylic acids is 1. The third kappa shape index (κ3) is 1.85. The van der Waals surface area contributed by atoms with E-state index in [-0.39, 0.29) is 6.10 Å². The van der Waals surface area contributed by atoms with Crippen LogP contribution < -0.4 is 0 Å². The van der Waals surface area contributed by atoms with Crippen molar-refractivity contribution < 1.29 is 14.6 Å². The van der Waals surface area contributed by atoms with Gasteiger partial charge in [-0.1, -0.05) is 13.0 Å². The first-order valence-corrected chi connectivity index (χ1v) is 4.20. The van der Waals surface area contributed by atoms with Crippen LogP contribution in [0.25, 0.3) is 0 Å². The van der Waals surface area contributed by atoms with Crippen molar-refractivity contribution in [2.45, 2.75) is 38.9 Å². The number of ether oxygens (including phenoxy) is 1. The van der Waals surface area contributed by atoms with Gasteiger partial charge in [-0.25, -0.2) is 4.79 Å². The molecular weight excluding hydrogens is 156 g/mol. The van der Waals surface area contributed by atoms with Crippen LogP contribution in [0.1, 0.15) is 26.7 Å². The highest BCUT2D eigenvalue weighted by Crippen LogP contribution is 2.21. The molecule has 0 saturated carbocycles. The standard InChI is InChI=1S/C9H14O3/c1-3-7-6(2)4-5-8(12-7)9(10)11/h4,7-8H,3,5H2,1-2H3,(H,10,11). The van der Waals surface area contributed by atoms with Crippen LogP contribution >= 0.6 is 0 Å². The smallest absolute Gasteiger partial charge is 0.333 e. The second-order valence-electron chi connectivity index (χ2n) is 3.04. The first-order chi connectivity index (χ1) is 5.65. The van der Waals surface area contributed by atoms with Gasteiger partial charge >= 0.3 is 5.97 Å². The highest BCUT2D eigenvalue weighted by molar-refractivity contribution is 5.72. The van der Waals surface area contributed by atoms with E-state index in [1.54, 1.807) is 0 Å². The Labute approximate surface area is 72.0 Å². The van der Waals surface area contributed by atoms with Crippen molar-refractivity contribution in [1.82, 2.24) is 0 Å². The molecule has 3 heteroatoms. The van der Waals surface area contributed by atoms with Crippen molar-refractivity contribution in [2.24, 2.45) is 0 Å². The van der Waals surface area contributed by atoms with Gasteiger partial charge in [-0.05, 0) is 18.9 Å². The van der Waals surface area contributed by atoms with Crippen molar-refractivity contribution in [1.29, 1.82) is 0 Å². The van der Waals surface area contributed by atoms with E-state index in [4.69, 9.17) is 9.84 Å². The summed E-state index contributed by atoms with van der Waals surface area (Å²) in [4.78, 5) is 10.6. The van der Waals surface area contributed by atoms with Gasteiger partial charge < -0.3 is 9.84 Å². The molecule has 0 fully saturated rings. The third-order valence-corrected chi connectivity index (χ3v) is 2.14. The van der Waals surface area contributed by atoms with Gasteiger partial charge in [-0.3, -0.25) is 0 Å². The van der Waals surface area contributed by atoms with E-state index < -0.39 is 12.1 Å². The molecule has 1 N–H and O–H groups in total. The average Bonchev–Trinajstić information content (AvgIpc) is 2.05. The van der Waals surface area contributed by atoms with Gasteiger partial charge in [-0.2, -0.15) is 0 Å². The van der Waals surface area contributed by atoms with E-state index in [0.29, 0.717) is 6.42 Å². The Morgan fingerprint density at radius 3 is 3.00 bits per heavy atom. The van der Waals surface area contributed by atoms with Gasteiger partial charge in [0.05, 0.1) is 6.10 Å². The Morgan fingerprint density at radius 2 is 2.50 bits per heavy atom. The maximum absolute atomic E-state index is 10.6. The van der Waals surface area contributed by atoms with E-state index in [9.17, 15) is 4.79 Å². The Morgan fingerprint density at radius 1 is 1.83 bits per heavy atom. The number of hydrogen-bond acceptors (Lipinski definition) is 2. The van der Waals surface area contributed by atoms with Gasteiger partial charge in [-0.15, -0.1) is 0 Å². The zero-order valence-electron chi connectivity index (χ0n) is 7.41.